The number of benzene rings is 2. The molecule has 0 bridgehead atoms. The van der Waals surface area contributed by atoms with Gasteiger partial charge in [0.2, 0.25) is 0 Å². The van der Waals surface area contributed by atoms with E-state index in [4.69, 9.17) is 11.6 Å². The molecule has 0 aliphatic rings. The molecule has 0 aliphatic heterocycles. The van der Waals surface area contributed by atoms with E-state index in [1.165, 1.54) is 0 Å². The minimum atomic E-state index is -3.76. The zero-order valence-electron chi connectivity index (χ0n) is 17.3. The van der Waals surface area contributed by atoms with Gasteiger partial charge in [0.05, 0.1) is 16.3 Å². The summed E-state index contributed by atoms with van der Waals surface area (Å²) in [5, 5.41) is 0.515. The van der Waals surface area contributed by atoms with Gasteiger partial charge in [-0.15, -0.1) is 0 Å². The molecule has 0 unspecified atom stereocenters. The topological polar surface area (TPSA) is 64.0 Å². The van der Waals surface area contributed by atoms with E-state index >= 15 is 0 Å². The Labute approximate surface area is 177 Å². The Bertz CT molecular complexity index is 1110. The maximum atomic E-state index is 13.0. The number of hydrogen-bond donors (Lipinski definition) is 1. The molecule has 0 aliphatic carbocycles. The van der Waals surface area contributed by atoms with E-state index in [1.807, 2.05) is 30.5 Å². The molecule has 3 rings (SSSR count). The molecule has 29 heavy (non-hydrogen) atoms. The fourth-order valence-corrected chi connectivity index (χ4v) is 4.31. The van der Waals surface area contributed by atoms with Crippen LogP contribution in [0, 0.1) is 0 Å². The van der Waals surface area contributed by atoms with Crippen molar-refractivity contribution < 1.29 is 8.42 Å². The van der Waals surface area contributed by atoms with Crippen molar-refractivity contribution in [1.82, 2.24) is 9.55 Å². The summed E-state index contributed by atoms with van der Waals surface area (Å²) in [4.78, 5) is 4.60. The van der Waals surface area contributed by atoms with Crippen LogP contribution in [0.5, 0.6) is 0 Å². The predicted octanol–water partition coefficient (Wildman–Crippen LogP) is 5.75. The molecule has 154 valence electrons. The number of nitrogens with zero attached hydrogens (tertiary/aromatic N) is 2. The number of nitrogens with one attached hydrogen (secondary N) is 1. The molecule has 1 heterocycles. The third-order valence-corrected chi connectivity index (χ3v) is 6.30. The van der Waals surface area contributed by atoms with Crippen LogP contribution in [0.2, 0.25) is 5.02 Å². The molecule has 0 saturated carbocycles. The first-order chi connectivity index (χ1) is 13.5. The number of sulfonamides is 1. The SMILES string of the molecule is CC(C)c1nccn1-c1cc(Cl)ccc1NS(=O)(=O)c1ccc(C(C)(C)C)cc1. The fourth-order valence-electron chi connectivity index (χ4n) is 3.07. The zero-order chi connectivity index (χ0) is 21.4. The number of hydrogen-bond acceptors (Lipinski definition) is 3. The second-order valence-corrected chi connectivity index (χ2v) is 10.5. The smallest absolute Gasteiger partial charge is 0.261 e. The Kier molecular flexibility index (Phi) is 5.79. The van der Waals surface area contributed by atoms with Crippen molar-refractivity contribution in [3.05, 3.63) is 71.3 Å². The van der Waals surface area contributed by atoms with Gasteiger partial charge in [-0.2, -0.15) is 0 Å². The van der Waals surface area contributed by atoms with Gasteiger partial charge in [-0.1, -0.05) is 58.4 Å². The molecule has 0 fully saturated rings. The molecular weight excluding hydrogens is 406 g/mol. The summed E-state index contributed by atoms with van der Waals surface area (Å²) in [6, 6.07) is 12.0. The summed E-state index contributed by atoms with van der Waals surface area (Å²) in [5.74, 6) is 0.987. The van der Waals surface area contributed by atoms with Crippen LogP contribution >= 0.6 is 11.6 Å². The Morgan fingerprint density at radius 2 is 1.72 bits per heavy atom. The summed E-state index contributed by atoms with van der Waals surface area (Å²) in [6.07, 6.45) is 3.50. The summed E-state index contributed by atoms with van der Waals surface area (Å²) >= 11 is 6.20. The van der Waals surface area contributed by atoms with Crippen LogP contribution in [0.15, 0.2) is 59.8 Å². The number of aromatic nitrogens is 2. The lowest BCUT2D eigenvalue weighted by Crippen LogP contribution is -2.16. The lowest BCUT2D eigenvalue weighted by Gasteiger charge is -2.20. The van der Waals surface area contributed by atoms with Gasteiger partial charge in [-0.05, 0) is 41.3 Å². The van der Waals surface area contributed by atoms with Crippen LogP contribution in [0.4, 0.5) is 5.69 Å². The monoisotopic (exact) mass is 431 g/mol. The van der Waals surface area contributed by atoms with E-state index < -0.39 is 10.0 Å². The molecule has 0 atom stereocenters. The lowest BCUT2D eigenvalue weighted by molar-refractivity contribution is 0.587. The van der Waals surface area contributed by atoms with Crippen molar-refractivity contribution in [3.8, 4) is 5.69 Å². The van der Waals surface area contributed by atoms with Gasteiger partial charge in [0.15, 0.2) is 0 Å². The normalized spacial score (nSPS) is 12.4. The van der Waals surface area contributed by atoms with Crippen molar-refractivity contribution in [2.45, 2.75) is 50.8 Å². The highest BCUT2D eigenvalue weighted by Crippen LogP contribution is 2.30. The molecule has 1 N–H and O–H groups in total. The minimum Gasteiger partial charge on any atom is -0.301 e. The molecule has 3 aromatic rings. The number of anilines is 1. The molecular formula is C22H26ClN3O2S. The standard InChI is InChI=1S/C22H26ClN3O2S/c1-15(2)21-24-12-13-26(21)20-14-17(23)8-11-19(20)25-29(27,28)18-9-6-16(7-10-18)22(3,4)5/h6-15,25H,1-5H3. The van der Waals surface area contributed by atoms with Gasteiger partial charge in [0.1, 0.15) is 5.82 Å². The Morgan fingerprint density at radius 3 is 2.31 bits per heavy atom. The molecule has 7 heteroatoms. The minimum absolute atomic E-state index is 0.0479. The average molecular weight is 432 g/mol. The van der Waals surface area contributed by atoms with Crippen LogP contribution in [-0.2, 0) is 15.4 Å². The van der Waals surface area contributed by atoms with Gasteiger partial charge in [0, 0.05) is 23.3 Å². The van der Waals surface area contributed by atoms with E-state index in [0.29, 0.717) is 16.4 Å². The third-order valence-electron chi connectivity index (χ3n) is 4.68. The fraction of sp³-hybridized carbons (Fsp3) is 0.318. The molecule has 5 nitrogen and oxygen atoms in total. The third kappa shape index (κ3) is 4.65. The first-order valence-corrected chi connectivity index (χ1v) is 11.3. The molecule has 0 amide bonds. The van der Waals surface area contributed by atoms with E-state index in [2.05, 4.69) is 30.5 Å². The van der Waals surface area contributed by atoms with E-state index in [-0.39, 0.29) is 16.2 Å². The maximum Gasteiger partial charge on any atom is 0.261 e. The van der Waals surface area contributed by atoms with Crippen LogP contribution in [-0.4, -0.2) is 18.0 Å². The van der Waals surface area contributed by atoms with Crippen LogP contribution in [0.3, 0.4) is 0 Å². The largest absolute Gasteiger partial charge is 0.301 e. The van der Waals surface area contributed by atoms with E-state index in [1.54, 1.807) is 42.7 Å². The van der Waals surface area contributed by atoms with Gasteiger partial charge < -0.3 is 4.57 Å². The van der Waals surface area contributed by atoms with Gasteiger partial charge >= 0.3 is 0 Å². The van der Waals surface area contributed by atoms with Gasteiger partial charge in [-0.3, -0.25) is 4.72 Å². The van der Waals surface area contributed by atoms with Gasteiger partial charge in [-0.25, -0.2) is 13.4 Å². The van der Waals surface area contributed by atoms with Crippen LogP contribution < -0.4 is 4.72 Å². The number of halogens is 1. The summed E-state index contributed by atoms with van der Waals surface area (Å²) < 4.78 is 30.6. The second-order valence-electron chi connectivity index (χ2n) is 8.35. The van der Waals surface area contributed by atoms with Crippen molar-refractivity contribution in [2.24, 2.45) is 0 Å². The lowest BCUT2D eigenvalue weighted by atomic mass is 9.87. The highest BCUT2D eigenvalue weighted by Gasteiger charge is 2.20. The zero-order valence-corrected chi connectivity index (χ0v) is 18.8. The Balaban J connectivity index is 2.01. The summed E-state index contributed by atoms with van der Waals surface area (Å²) in [6.45, 7) is 10.3. The Morgan fingerprint density at radius 1 is 1.07 bits per heavy atom. The van der Waals surface area contributed by atoms with Crippen LogP contribution in [0.25, 0.3) is 5.69 Å². The number of imidazole rings is 1. The molecule has 0 saturated heterocycles. The molecule has 0 radical (unpaired) electrons. The molecule has 2 aromatic carbocycles. The van der Waals surface area contributed by atoms with E-state index in [0.717, 1.165) is 11.4 Å². The predicted molar refractivity (Wildman–Crippen MR) is 119 cm³/mol. The van der Waals surface area contributed by atoms with Crippen molar-refractivity contribution in [1.29, 1.82) is 0 Å². The quantitative estimate of drug-likeness (QED) is 0.559. The number of rotatable bonds is 5. The summed E-state index contributed by atoms with van der Waals surface area (Å²) in [7, 11) is -3.76. The molecule has 0 spiro atoms. The van der Waals surface area contributed by atoms with Crippen molar-refractivity contribution >= 4 is 27.3 Å². The summed E-state index contributed by atoms with van der Waals surface area (Å²) in [5.41, 5.74) is 2.10. The maximum absolute atomic E-state index is 13.0. The van der Waals surface area contributed by atoms with Gasteiger partial charge in [0.25, 0.3) is 10.0 Å². The van der Waals surface area contributed by atoms with E-state index in [9.17, 15) is 8.42 Å². The van der Waals surface area contributed by atoms with Crippen molar-refractivity contribution in [2.75, 3.05) is 4.72 Å². The first kappa shape index (κ1) is 21.4. The molecule has 1 aromatic heterocycles. The first-order valence-electron chi connectivity index (χ1n) is 9.45. The highest BCUT2D eigenvalue weighted by molar-refractivity contribution is 7.92. The van der Waals surface area contributed by atoms with Crippen LogP contribution in [0.1, 0.15) is 51.9 Å². The average Bonchev–Trinajstić information content (AvgIpc) is 3.12. The van der Waals surface area contributed by atoms with Crippen molar-refractivity contribution in [3.63, 3.8) is 0 Å². The Hall–Kier alpha value is -2.31. The highest BCUT2D eigenvalue weighted by atomic mass is 35.5. The second kappa shape index (κ2) is 7.84.